The number of anilines is 1. The second-order valence-electron chi connectivity index (χ2n) is 8.05. The van der Waals surface area contributed by atoms with E-state index < -0.39 is 18.6 Å². The molecule has 0 aliphatic carbocycles. The number of carbonyl (C=O) groups is 4. The number of ether oxygens (including phenoxy) is 1. The van der Waals surface area contributed by atoms with E-state index in [0.717, 1.165) is 11.1 Å². The van der Waals surface area contributed by atoms with Gasteiger partial charge >= 0.3 is 5.97 Å². The predicted octanol–water partition coefficient (Wildman–Crippen LogP) is 3.23. The molecule has 1 aliphatic heterocycles. The van der Waals surface area contributed by atoms with Crippen molar-refractivity contribution in [3.63, 3.8) is 0 Å². The Morgan fingerprint density at radius 3 is 2.52 bits per heavy atom. The highest BCUT2D eigenvalue weighted by molar-refractivity contribution is 6.05. The minimum atomic E-state index is -0.887. The predicted molar refractivity (Wildman–Crippen MR) is 116 cm³/mol. The van der Waals surface area contributed by atoms with Gasteiger partial charge in [-0.25, -0.2) is 4.79 Å². The van der Waals surface area contributed by atoms with Gasteiger partial charge in [0.1, 0.15) is 6.04 Å². The normalized spacial score (nSPS) is 15.8. The van der Waals surface area contributed by atoms with Crippen LogP contribution in [0.3, 0.4) is 0 Å². The zero-order valence-electron chi connectivity index (χ0n) is 18.0. The molecule has 2 atom stereocenters. The largest absolute Gasteiger partial charge is 0.456 e. The fourth-order valence-corrected chi connectivity index (χ4v) is 3.44. The lowest BCUT2D eigenvalue weighted by molar-refractivity contribution is -0.146. The summed E-state index contributed by atoms with van der Waals surface area (Å²) >= 11 is 0. The van der Waals surface area contributed by atoms with Gasteiger partial charge in [0, 0.05) is 16.8 Å². The third-order valence-corrected chi connectivity index (χ3v) is 5.43. The Kier molecular flexibility index (Phi) is 6.53. The van der Waals surface area contributed by atoms with Crippen molar-refractivity contribution in [2.45, 2.75) is 39.7 Å². The Labute approximate surface area is 181 Å². The van der Waals surface area contributed by atoms with E-state index in [1.165, 1.54) is 0 Å². The van der Waals surface area contributed by atoms with Crippen LogP contribution in [-0.2, 0) is 14.3 Å². The lowest BCUT2D eigenvalue weighted by atomic mass is 9.99. The number of nitrogens with one attached hydrogen (secondary N) is 2. The second-order valence-corrected chi connectivity index (χ2v) is 8.05. The molecule has 0 fully saturated rings. The van der Waals surface area contributed by atoms with Gasteiger partial charge in [0.05, 0.1) is 5.92 Å². The van der Waals surface area contributed by atoms with Crippen molar-refractivity contribution < 1.29 is 23.9 Å². The molecule has 2 amide bonds. The first-order valence-corrected chi connectivity index (χ1v) is 10.2. The minimum absolute atomic E-state index is 0.116. The number of amides is 2. The summed E-state index contributed by atoms with van der Waals surface area (Å²) in [5.41, 5.74) is 3.06. The highest BCUT2D eigenvalue weighted by atomic mass is 16.5. The zero-order valence-corrected chi connectivity index (χ0v) is 18.0. The molecule has 7 nitrogen and oxygen atoms in total. The second kappa shape index (κ2) is 9.12. The molecule has 1 aliphatic rings. The lowest BCUT2D eigenvalue weighted by Gasteiger charge is -2.21. The van der Waals surface area contributed by atoms with Crippen LogP contribution in [-0.4, -0.2) is 36.2 Å². The number of Topliss-reactive ketones (excluding diaryl/α,β-unsaturated/α-hetero) is 1. The van der Waals surface area contributed by atoms with Gasteiger partial charge in [0.2, 0.25) is 5.91 Å². The van der Waals surface area contributed by atoms with Crippen molar-refractivity contribution in [3.8, 4) is 0 Å². The first-order valence-electron chi connectivity index (χ1n) is 10.2. The van der Waals surface area contributed by atoms with Crippen LogP contribution in [0.15, 0.2) is 42.5 Å². The van der Waals surface area contributed by atoms with E-state index in [-0.39, 0.29) is 29.4 Å². The molecule has 0 saturated heterocycles. The molecule has 31 heavy (non-hydrogen) atoms. The minimum Gasteiger partial charge on any atom is -0.456 e. The molecule has 0 radical (unpaired) electrons. The molecule has 0 aromatic heterocycles. The summed E-state index contributed by atoms with van der Waals surface area (Å²) in [4.78, 5) is 49.5. The Morgan fingerprint density at radius 1 is 1.13 bits per heavy atom. The van der Waals surface area contributed by atoms with Crippen molar-refractivity contribution in [1.82, 2.24) is 5.32 Å². The number of carbonyl (C=O) groups excluding carboxylic acids is 4. The summed E-state index contributed by atoms with van der Waals surface area (Å²) in [5, 5.41) is 5.46. The zero-order chi connectivity index (χ0) is 22.7. The lowest BCUT2D eigenvalue weighted by Crippen LogP contribution is -2.45. The molecule has 2 N–H and O–H groups in total. The van der Waals surface area contributed by atoms with Gasteiger partial charge in [-0.05, 0) is 55.2 Å². The maximum Gasteiger partial charge on any atom is 0.329 e. The maximum atomic E-state index is 12.6. The molecule has 7 heteroatoms. The molecule has 0 saturated carbocycles. The summed E-state index contributed by atoms with van der Waals surface area (Å²) in [7, 11) is 0. The quantitative estimate of drug-likeness (QED) is 0.527. The van der Waals surface area contributed by atoms with Crippen LogP contribution in [0.5, 0.6) is 0 Å². The van der Waals surface area contributed by atoms with E-state index in [4.69, 9.17) is 4.74 Å². The first-order chi connectivity index (χ1) is 14.7. The van der Waals surface area contributed by atoms with Gasteiger partial charge < -0.3 is 15.4 Å². The topological polar surface area (TPSA) is 102 Å². The van der Waals surface area contributed by atoms with Gasteiger partial charge in [0.15, 0.2) is 12.4 Å². The number of fused-ring (bicyclic) bond motifs is 1. The highest BCUT2D eigenvalue weighted by Crippen LogP contribution is 2.32. The van der Waals surface area contributed by atoms with Crippen LogP contribution >= 0.6 is 0 Å². The fourth-order valence-electron chi connectivity index (χ4n) is 3.44. The van der Waals surface area contributed by atoms with Crippen LogP contribution in [0, 0.1) is 12.8 Å². The van der Waals surface area contributed by atoms with Crippen molar-refractivity contribution in [2.24, 2.45) is 5.92 Å². The van der Waals surface area contributed by atoms with Crippen molar-refractivity contribution in [3.05, 3.63) is 64.7 Å². The molecule has 0 bridgehead atoms. The van der Waals surface area contributed by atoms with Gasteiger partial charge in [0.25, 0.3) is 5.91 Å². The third kappa shape index (κ3) is 4.82. The van der Waals surface area contributed by atoms with Crippen LogP contribution in [0.1, 0.15) is 58.5 Å². The van der Waals surface area contributed by atoms with Crippen molar-refractivity contribution in [1.29, 1.82) is 0 Å². The smallest absolute Gasteiger partial charge is 0.329 e. The molecule has 0 spiro atoms. The monoisotopic (exact) mass is 422 g/mol. The van der Waals surface area contributed by atoms with Gasteiger partial charge in [-0.2, -0.15) is 0 Å². The Hall–Kier alpha value is -3.48. The van der Waals surface area contributed by atoms with Gasteiger partial charge in [-0.1, -0.05) is 32.0 Å². The summed E-state index contributed by atoms with van der Waals surface area (Å²) in [5.74, 6) is -2.10. The number of esters is 1. The highest BCUT2D eigenvalue weighted by Gasteiger charge is 2.29. The van der Waals surface area contributed by atoms with Gasteiger partial charge in [-0.3, -0.25) is 14.4 Å². The molecular formula is C24H26N2O5. The Balaban J connectivity index is 1.64. The maximum absolute atomic E-state index is 12.6. The number of hydrogen-bond acceptors (Lipinski definition) is 5. The molecule has 3 rings (SSSR count). The molecule has 0 unspecified atom stereocenters. The van der Waals surface area contributed by atoms with Crippen molar-refractivity contribution in [2.75, 3.05) is 11.9 Å². The number of aryl methyl sites for hydroxylation is 1. The Bertz CT molecular complexity index is 1040. The molecule has 1 heterocycles. The summed E-state index contributed by atoms with van der Waals surface area (Å²) in [6.45, 7) is 6.71. The third-order valence-electron chi connectivity index (χ3n) is 5.43. The standard InChI is InChI=1S/C24H26N2O5/c1-13(2)21(26-23(29)17-8-6-5-7-14(17)3)24(30)31-12-20(27)16-9-10-19-18(11-16)15(4)22(28)25-19/h5-11,13,15,21H,12H2,1-4H3,(H,25,28)(H,26,29)/t15-,21-/m0/s1. The average molecular weight is 422 g/mol. The summed E-state index contributed by atoms with van der Waals surface area (Å²) < 4.78 is 5.23. The van der Waals surface area contributed by atoms with E-state index in [9.17, 15) is 19.2 Å². The summed E-state index contributed by atoms with van der Waals surface area (Å²) in [6.07, 6.45) is 0. The number of ketones is 1. The van der Waals surface area contributed by atoms with Crippen LogP contribution in [0.4, 0.5) is 5.69 Å². The molecular weight excluding hydrogens is 396 g/mol. The molecule has 2 aromatic carbocycles. The van der Waals surface area contributed by atoms with E-state index in [1.807, 2.05) is 19.1 Å². The summed E-state index contributed by atoms with van der Waals surface area (Å²) in [6, 6.07) is 11.1. The van der Waals surface area contributed by atoms with E-state index in [2.05, 4.69) is 10.6 Å². The Morgan fingerprint density at radius 2 is 1.84 bits per heavy atom. The number of rotatable bonds is 7. The van der Waals surface area contributed by atoms with E-state index in [0.29, 0.717) is 16.8 Å². The molecule has 162 valence electrons. The fraction of sp³-hybridized carbons (Fsp3) is 0.333. The van der Waals surface area contributed by atoms with Crippen LogP contribution in [0.25, 0.3) is 0 Å². The molecule has 2 aromatic rings. The number of hydrogen-bond donors (Lipinski definition) is 2. The van der Waals surface area contributed by atoms with Crippen LogP contribution < -0.4 is 10.6 Å². The average Bonchev–Trinajstić information content (AvgIpc) is 3.03. The van der Waals surface area contributed by atoms with Crippen molar-refractivity contribution >= 4 is 29.3 Å². The van der Waals surface area contributed by atoms with Gasteiger partial charge in [-0.15, -0.1) is 0 Å². The van der Waals surface area contributed by atoms with Crippen LogP contribution in [0.2, 0.25) is 0 Å². The number of benzene rings is 2. The first kappa shape index (κ1) is 22.2. The van der Waals surface area contributed by atoms with E-state index in [1.54, 1.807) is 51.1 Å². The van der Waals surface area contributed by atoms with E-state index >= 15 is 0 Å². The SMILES string of the molecule is Cc1ccccc1C(=O)N[C@H](C(=O)OCC(=O)c1ccc2c(c1)[C@H](C)C(=O)N2)C(C)C.